The van der Waals surface area contributed by atoms with Gasteiger partial charge in [0.15, 0.2) is 0 Å². The van der Waals surface area contributed by atoms with Crippen LogP contribution in [0.25, 0.3) is 23.4 Å². The molecule has 41 heavy (non-hydrogen) atoms. The molecule has 1 amide bonds. The summed E-state index contributed by atoms with van der Waals surface area (Å²) in [6.45, 7) is 8.91. The van der Waals surface area contributed by atoms with Crippen LogP contribution in [0.1, 0.15) is 49.1 Å². The number of hydrogen-bond acceptors (Lipinski definition) is 5. The van der Waals surface area contributed by atoms with E-state index in [2.05, 4.69) is 57.7 Å². The second kappa shape index (κ2) is 11.8. The van der Waals surface area contributed by atoms with Crippen LogP contribution in [0.2, 0.25) is 0 Å². The molecule has 2 aliphatic heterocycles. The van der Waals surface area contributed by atoms with Gasteiger partial charge in [-0.1, -0.05) is 30.4 Å². The van der Waals surface area contributed by atoms with Gasteiger partial charge in [-0.25, -0.2) is 4.79 Å². The van der Waals surface area contributed by atoms with Gasteiger partial charge < -0.3 is 24.2 Å². The Bertz CT molecular complexity index is 1470. The van der Waals surface area contributed by atoms with Crippen LogP contribution in [0.5, 0.6) is 0 Å². The number of ether oxygens (including phenoxy) is 1. The zero-order chi connectivity index (χ0) is 28.5. The largest absolute Gasteiger partial charge is 0.481 e. The number of hydrogen-bond donors (Lipinski definition) is 1. The van der Waals surface area contributed by atoms with E-state index in [-0.39, 0.29) is 6.09 Å². The van der Waals surface area contributed by atoms with E-state index in [1.165, 1.54) is 40.4 Å². The first kappa shape index (κ1) is 27.6. The summed E-state index contributed by atoms with van der Waals surface area (Å²) >= 11 is 0. The van der Waals surface area contributed by atoms with E-state index in [1.54, 1.807) is 4.90 Å². The third-order valence-electron chi connectivity index (χ3n) is 9.36. The SMILES string of the molecule is COC(=O)N1CCCN(CCN2CCn3c(c(C4CC=CCC4)c4c3=CC(C(=O)O)CC=4)-c3ccc(C)cc32)CC1. The molecule has 6 rings (SSSR count). The number of carboxylic acids is 1. The molecule has 0 saturated carbocycles. The molecule has 0 spiro atoms. The molecular weight excluding hydrogens is 516 g/mol. The molecule has 8 nitrogen and oxygen atoms in total. The average Bonchev–Trinajstić information content (AvgIpc) is 3.10. The Morgan fingerprint density at radius 2 is 1.90 bits per heavy atom. The second-order valence-electron chi connectivity index (χ2n) is 11.9. The summed E-state index contributed by atoms with van der Waals surface area (Å²) in [5, 5.41) is 12.2. The molecule has 4 aliphatic rings. The van der Waals surface area contributed by atoms with E-state index in [4.69, 9.17) is 4.74 Å². The molecule has 1 fully saturated rings. The molecule has 1 saturated heterocycles. The summed E-state index contributed by atoms with van der Waals surface area (Å²) < 4.78 is 7.39. The van der Waals surface area contributed by atoms with Gasteiger partial charge in [0.1, 0.15) is 0 Å². The maximum Gasteiger partial charge on any atom is 0.409 e. The number of fused-ring (bicyclic) bond motifs is 5. The maximum absolute atomic E-state index is 12.1. The van der Waals surface area contributed by atoms with E-state index < -0.39 is 11.9 Å². The first-order valence-corrected chi connectivity index (χ1v) is 15.2. The van der Waals surface area contributed by atoms with Crippen LogP contribution in [0.15, 0.2) is 30.4 Å². The van der Waals surface area contributed by atoms with Gasteiger partial charge >= 0.3 is 12.1 Å². The number of methoxy groups -OCH3 is 1. The number of nitrogens with zero attached hydrogens (tertiary/aromatic N) is 4. The van der Waals surface area contributed by atoms with Crippen molar-refractivity contribution in [3.63, 3.8) is 0 Å². The average molecular weight is 559 g/mol. The molecule has 1 aromatic carbocycles. The fraction of sp³-hybridized carbons (Fsp3) is 0.515. The van der Waals surface area contributed by atoms with Crippen LogP contribution in [-0.2, 0) is 16.1 Å². The van der Waals surface area contributed by atoms with Gasteiger partial charge in [0.05, 0.1) is 18.7 Å². The fourth-order valence-electron chi connectivity index (χ4n) is 7.18. The van der Waals surface area contributed by atoms with Crippen LogP contribution in [-0.4, -0.2) is 84.5 Å². The predicted octanol–water partition coefficient (Wildman–Crippen LogP) is 3.55. The molecule has 2 unspecified atom stereocenters. The minimum atomic E-state index is -0.751. The molecule has 2 aliphatic carbocycles. The normalized spacial score (nSPS) is 22.4. The predicted molar refractivity (Wildman–Crippen MR) is 162 cm³/mol. The minimum Gasteiger partial charge on any atom is -0.481 e. The number of rotatable bonds is 5. The van der Waals surface area contributed by atoms with Crippen molar-refractivity contribution in [1.29, 1.82) is 0 Å². The lowest BCUT2D eigenvalue weighted by molar-refractivity contribution is -0.139. The first-order chi connectivity index (χ1) is 19.9. The van der Waals surface area contributed by atoms with Crippen molar-refractivity contribution in [1.82, 2.24) is 14.4 Å². The number of carboxylic acid groups (broad SMARTS) is 1. The van der Waals surface area contributed by atoms with Crippen molar-refractivity contribution in [2.45, 2.75) is 51.5 Å². The molecule has 3 heterocycles. The highest BCUT2D eigenvalue weighted by Crippen LogP contribution is 2.40. The summed E-state index contributed by atoms with van der Waals surface area (Å²) in [5.74, 6) is -0.796. The number of anilines is 1. The maximum atomic E-state index is 12.1. The Hall–Kier alpha value is -3.52. The number of aromatic nitrogens is 1. The number of aryl methyl sites for hydroxylation is 1. The highest BCUT2D eigenvalue weighted by molar-refractivity contribution is 5.83. The van der Waals surface area contributed by atoms with Gasteiger partial charge in [-0.05, 0) is 80.0 Å². The number of benzene rings is 1. The first-order valence-electron chi connectivity index (χ1n) is 15.2. The fourth-order valence-corrected chi connectivity index (χ4v) is 7.18. The van der Waals surface area contributed by atoms with E-state index in [0.717, 1.165) is 76.8 Å². The van der Waals surface area contributed by atoms with Crippen molar-refractivity contribution < 1.29 is 19.4 Å². The van der Waals surface area contributed by atoms with Gasteiger partial charge in [-0.15, -0.1) is 0 Å². The molecule has 1 N–H and O–H groups in total. The van der Waals surface area contributed by atoms with Crippen LogP contribution in [0, 0.1) is 12.8 Å². The van der Waals surface area contributed by atoms with E-state index in [1.807, 2.05) is 6.08 Å². The van der Waals surface area contributed by atoms with Crippen LogP contribution < -0.4 is 15.5 Å². The monoisotopic (exact) mass is 558 g/mol. The number of allylic oxidation sites excluding steroid dienone is 2. The third kappa shape index (κ3) is 5.42. The van der Waals surface area contributed by atoms with Crippen molar-refractivity contribution in [3.05, 3.63) is 52.0 Å². The Labute approximate surface area is 242 Å². The third-order valence-corrected chi connectivity index (χ3v) is 9.36. The summed E-state index contributed by atoms with van der Waals surface area (Å²) in [6.07, 6.45) is 13.3. The van der Waals surface area contributed by atoms with Gasteiger partial charge in [-0.3, -0.25) is 9.69 Å². The number of amides is 1. The van der Waals surface area contributed by atoms with Crippen LogP contribution >= 0.6 is 0 Å². The van der Waals surface area contributed by atoms with Gasteiger partial charge in [0.2, 0.25) is 0 Å². The summed E-state index contributed by atoms with van der Waals surface area (Å²) in [5.41, 5.74) is 6.47. The molecule has 0 radical (unpaired) electrons. The Kier molecular flexibility index (Phi) is 7.93. The van der Waals surface area contributed by atoms with Crippen molar-refractivity contribution in [3.8, 4) is 11.3 Å². The van der Waals surface area contributed by atoms with E-state index in [9.17, 15) is 14.7 Å². The second-order valence-corrected chi connectivity index (χ2v) is 11.9. The van der Waals surface area contributed by atoms with Crippen LogP contribution in [0.3, 0.4) is 0 Å². The van der Waals surface area contributed by atoms with Crippen molar-refractivity contribution in [2.75, 3.05) is 57.8 Å². The Morgan fingerprint density at radius 1 is 1.02 bits per heavy atom. The number of carbonyl (C=O) groups excluding carboxylic acids is 1. The lowest BCUT2D eigenvalue weighted by Gasteiger charge is -2.29. The van der Waals surface area contributed by atoms with Gasteiger partial charge in [0, 0.05) is 62.4 Å². The zero-order valence-electron chi connectivity index (χ0n) is 24.3. The van der Waals surface area contributed by atoms with E-state index in [0.29, 0.717) is 18.9 Å². The smallest absolute Gasteiger partial charge is 0.409 e. The highest BCUT2D eigenvalue weighted by Gasteiger charge is 2.31. The summed E-state index contributed by atoms with van der Waals surface area (Å²) in [7, 11) is 1.45. The molecule has 2 atom stereocenters. The lowest BCUT2D eigenvalue weighted by atomic mass is 9.84. The quantitative estimate of drug-likeness (QED) is 0.566. The van der Waals surface area contributed by atoms with Crippen molar-refractivity contribution in [2.24, 2.45) is 5.92 Å². The van der Waals surface area contributed by atoms with Crippen LogP contribution in [0.4, 0.5) is 10.5 Å². The Balaban J connectivity index is 1.36. The summed E-state index contributed by atoms with van der Waals surface area (Å²) in [6, 6.07) is 6.83. The summed E-state index contributed by atoms with van der Waals surface area (Å²) in [4.78, 5) is 30.9. The number of aliphatic carboxylic acids is 1. The number of carbonyl (C=O) groups is 2. The topological polar surface area (TPSA) is 78.2 Å². The zero-order valence-corrected chi connectivity index (χ0v) is 24.3. The minimum absolute atomic E-state index is 0.238. The van der Waals surface area contributed by atoms with Gasteiger partial charge in [-0.2, -0.15) is 0 Å². The van der Waals surface area contributed by atoms with Gasteiger partial charge in [0.25, 0.3) is 0 Å². The van der Waals surface area contributed by atoms with E-state index >= 15 is 0 Å². The van der Waals surface area contributed by atoms with Crippen molar-refractivity contribution >= 4 is 29.9 Å². The molecule has 1 aromatic heterocycles. The molecule has 218 valence electrons. The molecule has 2 aromatic rings. The molecule has 0 bridgehead atoms. The molecule has 8 heteroatoms. The molecular formula is C33H42N4O4. The Morgan fingerprint density at radius 3 is 2.68 bits per heavy atom. The highest BCUT2D eigenvalue weighted by atomic mass is 16.5. The lowest BCUT2D eigenvalue weighted by Crippen LogP contribution is -2.40. The standard InChI is InChI=1S/C33H42N4O4/c1-23-9-11-27-28(21-23)35(17-15-34-13-6-14-36(18-16-34)33(40)41-2)19-20-37-29-22-25(32(38)39)10-12-26(29)30(31(27)37)24-7-4-3-5-8-24/h3-4,9,11-12,21-22,24-25H,5-8,10,13-20H2,1-2H3,(H,38,39).